The van der Waals surface area contributed by atoms with E-state index in [0.717, 1.165) is 17.2 Å². The van der Waals surface area contributed by atoms with Crippen LogP contribution in [0.4, 0.5) is 4.39 Å². The van der Waals surface area contributed by atoms with Crippen LogP contribution in [0.15, 0.2) is 18.3 Å². The van der Waals surface area contributed by atoms with Crippen molar-refractivity contribution in [1.29, 1.82) is 0 Å². The largest absolute Gasteiger partial charge is 0.315 e. The molecule has 2 aromatic heterocycles. The third-order valence-electron chi connectivity index (χ3n) is 2.98. The van der Waals surface area contributed by atoms with Crippen molar-refractivity contribution in [3.63, 3.8) is 0 Å². The quantitative estimate of drug-likeness (QED) is 0.921. The van der Waals surface area contributed by atoms with Crippen molar-refractivity contribution >= 4 is 11.3 Å². The number of hydrogen-bond acceptors (Lipinski definition) is 4. The zero-order valence-electron chi connectivity index (χ0n) is 10.1. The van der Waals surface area contributed by atoms with E-state index in [1.807, 2.05) is 7.05 Å². The summed E-state index contributed by atoms with van der Waals surface area (Å²) in [7, 11) is 1.94. The maximum Gasteiger partial charge on any atom is 0.142 e. The summed E-state index contributed by atoms with van der Waals surface area (Å²) in [6, 6.07) is 3.12. The number of nitrogens with one attached hydrogen (secondary N) is 1. The molecule has 2 aromatic rings. The van der Waals surface area contributed by atoms with Gasteiger partial charge in [-0.3, -0.25) is 4.98 Å². The lowest BCUT2D eigenvalue weighted by Crippen LogP contribution is -2.05. The van der Waals surface area contributed by atoms with E-state index in [1.165, 1.54) is 35.7 Å². The van der Waals surface area contributed by atoms with Gasteiger partial charge in [0.2, 0.25) is 0 Å². The van der Waals surface area contributed by atoms with Crippen LogP contribution >= 0.6 is 11.3 Å². The van der Waals surface area contributed by atoms with E-state index in [4.69, 9.17) is 0 Å². The van der Waals surface area contributed by atoms with E-state index in [-0.39, 0.29) is 5.82 Å². The van der Waals surface area contributed by atoms with E-state index in [1.54, 1.807) is 17.4 Å². The topological polar surface area (TPSA) is 37.8 Å². The maximum absolute atomic E-state index is 12.9. The monoisotopic (exact) mass is 263 g/mol. The number of halogens is 1. The molecular formula is C13H14FN3S. The fourth-order valence-corrected chi connectivity index (χ4v) is 3.07. The van der Waals surface area contributed by atoms with Crippen LogP contribution in [0.2, 0.25) is 0 Å². The van der Waals surface area contributed by atoms with Gasteiger partial charge < -0.3 is 5.32 Å². The molecule has 0 amide bonds. The van der Waals surface area contributed by atoms with Crippen LogP contribution in [0.3, 0.4) is 0 Å². The summed E-state index contributed by atoms with van der Waals surface area (Å²) < 4.78 is 12.9. The molecule has 1 N–H and O–H groups in total. The lowest BCUT2D eigenvalue weighted by molar-refractivity contribution is 0.622. The molecule has 2 heterocycles. The molecule has 0 spiro atoms. The van der Waals surface area contributed by atoms with E-state index < -0.39 is 0 Å². The number of nitrogens with zero attached hydrogens (tertiary/aromatic N) is 2. The molecule has 0 unspecified atom stereocenters. The highest BCUT2D eigenvalue weighted by Gasteiger charge is 2.29. The van der Waals surface area contributed by atoms with Gasteiger partial charge in [-0.1, -0.05) is 0 Å². The van der Waals surface area contributed by atoms with Crippen molar-refractivity contribution < 1.29 is 4.39 Å². The minimum absolute atomic E-state index is 0.312. The van der Waals surface area contributed by atoms with Gasteiger partial charge >= 0.3 is 0 Å². The van der Waals surface area contributed by atoms with Gasteiger partial charge in [-0.2, -0.15) is 0 Å². The molecule has 0 radical (unpaired) electrons. The first kappa shape index (κ1) is 11.7. The van der Waals surface area contributed by atoms with Crippen LogP contribution < -0.4 is 5.32 Å². The standard InChI is InChI=1S/C13H14FN3S/c1-15-7-11-12(8-2-3-8)17-13(18-11)10-5-4-9(14)6-16-10/h4-6,8,15H,2-3,7H2,1H3. The molecule has 5 heteroatoms. The molecule has 3 nitrogen and oxygen atoms in total. The van der Waals surface area contributed by atoms with Crippen molar-refractivity contribution in [2.75, 3.05) is 7.05 Å². The van der Waals surface area contributed by atoms with Crippen molar-refractivity contribution in [2.45, 2.75) is 25.3 Å². The molecule has 3 rings (SSSR count). The van der Waals surface area contributed by atoms with Gasteiger partial charge in [0, 0.05) is 17.3 Å². The molecule has 1 saturated carbocycles. The van der Waals surface area contributed by atoms with Gasteiger partial charge in [-0.15, -0.1) is 11.3 Å². The van der Waals surface area contributed by atoms with E-state index >= 15 is 0 Å². The first-order valence-electron chi connectivity index (χ1n) is 6.04. The fraction of sp³-hybridized carbons (Fsp3) is 0.385. The van der Waals surface area contributed by atoms with Gasteiger partial charge in [0.1, 0.15) is 10.8 Å². The molecule has 0 bridgehead atoms. The molecule has 0 atom stereocenters. The Hall–Kier alpha value is -1.33. The second kappa shape index (κ2) is 4.74. The Morgan fingerprint density at radius 3 is 2.89 bits per heavy atom. The highest BCUT2D eigenvalue weighted by molar-refractivity contribution is 7.15. The minimum Gasteiger partial charge on any atom is -0.315 e. The van der Waals surface area contributed by atoms with Gasteiger partial charge in [0.15, 0.2) is 0 Å². The normalized spacial score (nSPS) is 15.0. The van der Waals surface area contributed by atoms with E-state index in [0.29, 0.717) is 5.92 Å². The summed E-state index contributed by atoms with van der Waals surface area (Å²) in [5.74, 6) is 0.312. The molecule has 1 aliphatic rings. The Bertz CT molecular complexity index is 546. The van der Waals surface area contributed by atoms with Gasteiger partial charge in [-0.05, 0) is 32.0 Å². The summed E-state index contributed by atoms with van der Waals surface area (Å²) in [5, 5.41) is 4.06. The number of hydrogen-bond donors (Lipinski definition) is 1. The SMILES string of the molecule is CNCc1sc(-c2ccc(F)cn2)nc1C1CC1. The molecule has 1 aliphatic carbocycles. The molecule has 94 valence electrons. The summed E-state index contributed by atoms with van der Waals surface area (Å²) in [5.41, 5.74) is 1.96. The Labute approximate surface area is 109 Å². The molecule has 0 aromatic carbocycles. The zero-order chi connectivity index (χ0) is 12.5. The first-order chi connectivity index (χ1) is 8.78. The van der Waals surface area contributed by atoms with Crippen LogP contribution in [-0.2, 0) is 6.54 Å². The Balaban J connectivity index is 1.96. The van der Waals surface area contributed by atoms with Crippen molar-refractivity contribution in [1.82, 2.24) is 15.3 Å². The molecule has 1 fully saturated rings. The molecule has 0 saturated heterocycles. The van der Waals surface area contributed by atoms with Crippen LogP contribution in [0.5, 0.6) is 0 Å². The number of thiazole rings is 1. The highest BCUT2D eigenvalue weighted by Crippen LogP contribution is 2.43. The summed E-state index contributed by atoms with van der Waals surface area (Å²) >= 11 is 1.65. The predicted molar refractivity (Wildman–Crippen MR) is 70.0 cm³/mol. The zero-order valence-corrected chi connectivity index (χ0v) is 10.9. The predicted octanol–water partition coefficient (Wildman–Crippen LogP) is 2.94. The smallest absolute Gasteiger partial charge is 0.142 e. The van der Waals surface area contributed by atoms with Crippen molar-refractivity contribution in [2.24, 2.45) is 0 Å². The third kappa shape index (κ3) is 2.28. The summed E-state index contributed by atoms with van der Waals surface area (Å²) in [4.78, 5) is 10.1. The van der Waals surface area contributed by atoms with Crippen LogP contribution in [0, 0.1) is 5.82 Å². The lowest BCUT2D eigenvalue weighted by atomic mass is 10.2. The van der Waals surface area contributed by atoms with Crippen LogP contribution in [0.1, 0.15) is 29.3 Å². The van der Waals surface area contributed by atoms with Gasteiger partial charge in [0.25, 0.3) is 0 Å². The summed E-state index contributed by atoms with van der Waals surface area (Å²) in [6.07, 6.45) is 3.71. The number of rotatable bonds is 4. The molecule has 0 aliphatic heterocycles. The highest BCUT2D eigenvalue weighted by atomic mass is 32.1. The van der Waals surface area contributed by atoms with Crippen molar-refractivity contribution in [3.05, 3.63) is 34.7 Å². The van der Waals surface area contributed by atoms with E-state index in [2.05, 4.69) is 15.3 Å². The van der Waals surface area contributed by atoms with Gasteiger partial charge in [0.05, 0.1) is 17.6 Å². The first-order valence-corrected chi connectivity index (χ1v) is 6.85. The Morgan fingerprint density at radius 1 is 1.44 bits per heavy atom. The van der Waals surface area contributed by atoms with Crippen LogP contribution in [-0.4, -0.2) is 17.0 Å². The second-order valence-corrected chi connectivity index (χ2v) is 5.58. The average molecular weight is 263 g/mol. The minimum atomic E-state index is -0.312. The van der Waals surface area contributed by atoms with E-state index in [9.17, 15) is 4.39 Å². The Morgan fingerprint density at radius 2 is 2.28 bits per heavy atom. The number of aromatic nitrogens is 2. The summed E-state index contributed by atoms with van der Waals surface area (Å²) in [6.45, 7) is 0.838. The maximum atomic E-state index is 12.9. The third-order valence-corrected chi connectivity index (χ3v) is 4.07. The molecular weight excluding hydrogens is 249 g/mol. The Kier molecular flexibility index (Phi) is 3.09. The second-order valence-electron chi connectivity index (χ2n) is 4.49. The lowest BCUT2D eigenvalue weighted by Gasteiger charge is -1.97. The average Bonchev–Trinajstić information content (AvgIpc) is 3.13. The molecule has 18 heavy (non-hydrogen) atoms. The van der Waals surface area contributed by atoms with Crippen LogP contribution in [0.25, 0.3) is 10.7 Å². The fourth-order valence-electron chi connectivity index (χ4n) is 1.94. The van der Waals surface area contributed by atoms with Gasteiger partial charge in [-0.25, -0.2) is 9.37 Å². The van der Waals surface area contributed by atoms with Crippen molar-refractivity contribution in [3.8, 4) is 10.7 Å². The number of pyridine rings is 1.